The van der Waals surface area contributed by atoms with Crippen LogP contribution in [0.15, 0.2) is 59.5 Å². The van der Waals surface area contributed by atoms with Gasteiger partial charge in [0.15, 0.2) is 12.2 Å². The number of rotatable bonds is 14. The number of aliphatic carboxylic acids is 1. The summed E-state index contributed by atoms with van der Waals surface area (Å²) in [6.45, 7) is 2.35. The maximum Gasteiger partial charge on any atom is 1.00 e. The van der Waals surface area contributed by atoms with Gasteiger partial charge >= 0.3 is 24.8 Å². The number of carbonyl (C=O) groups is 2. The number of nitrogens with one attached hydrogen (secondary N) is 1. The van der Waals surface area contributed by atoms with E-state index in [1.165, 1.54) is 38.5 Å². The third kappa shape index (κ3) is 9.51. The second-order valence-electron chi connectivity index (χ2n) is 10.6. The summed E-state index contributed by atoms with van der Waals surface area (Å²) < 4.78 is 12.0. The molecule has 4 rings (SSSR count). The van der Waals surface area contributed by atoms with Gasteiger partial charge in [0.05, 0.1) is 12.8 Å². The number of aryl methyl sites for hydroxylation is 1. The van der Waals surface area contributed by atoms with Crippen molar-refractivity contribution < 1.29 is 44.1 Å². The molecule has 1 heterocycles. The van der Waals surface area contributed by atoms with Crippen LogP contribution in [0.4, 0.5) is 0 Å². The van der Waals surface area contributed by atoms with E-state index < -0.39 is 17.9 Å². The van der Waals surface area contributed by atoms with Gasteiger partial charge in [-0.1, -0.05) is 62.4 Å². The Bertz CT molecular complexity index is 1250. The zero-order valence-electron chi connectivity index (χ0n) is 25.4. The number of ether oxygens (including phenoxy) is 1. The van der Waals surface area contributed by atoms with Gasteiger partial charge in [0.2, 0.25) is 0 Å². The van der Waals surface area contributed by atoms with E-state index in [-0.39, 0.29) is 26.4 Å². The number of nitrogens with zero attached hydrogens (tertiary/aromatic N) is 1. The second-order valence-corrected chi connectivity index (χ2v) is 11.6. The van der Waals surface area contributed by atoms with Crippen LogP contribution in [0.2, 0.25) is 0 Å². The molecule has 2 atom stereocenters. The Morgan fingerprint density at radius 3 is 2.61 bits per heavy atom. The standard InChI is InChI=1S/C32H40N2O5S.Li.H/c1-22-8-6-7-11-25(22)27-18-24(12-14-26(27)31(35)34-28(32(36)37)16-17-40-2)20-38-29(30-19-33-21-39-30)15-13-23-9-4-3-5-10-23;;/h6-8,11-12,14,18-19,21,23,28-29H,3-5,9-10,13,15-17,20H2,1-2H3,(H,34,35)(H,36,37);;/q;+1;-1. The molecule has 0 bridgehead atoms. The molecule has 2 N–H and O–H groups in total. The van der Waals surface area contributed by atoms with Crippen molar-refractivity contribution in [1.29, 1.82) is 0 Å². The fourth-order valence-electron chi connectivity index (χ4n) is 5.46. The number of oxazole rings is 1. The number of benzene rings is 2. The van der Waals surface area contributed by atoms with Crippen LogP contribution in [-0.2, 0) is 16.1 Å². The Morgan fingerprint density at radius 1 is 1.15 bits per heavy atom. The van der Waals surface area contributed by atoms with Gasteiger partial charge in [-0.05, 0) is 78.5 Å². The average Bonchev–Trinajstić information content (AvgIpc) is 3.51. The van der Waals surface area contributed by atoms with Crippen molar-refractivity contribution in [3.05, 3.63) is 77.5 Å². The summed E-state index contributed by atoms with van der Waals surface area (Å²) in [5.74, 6) is 0.683. The van der Waals surface area contributed by atoms with Crippen LogP contribution < -0.4 is 24.2 Å². The number of amides is 1. The Labute approximate surface area is 260 Å². The minimum Gasteiger partial charge on any atom is -1.00 e. The Morgan fingerprint density at radius 2 is 1.93 bits per heavy atom. The molecular weight excluding hydrogens is 531 g/mol. The van der Waals surface area contributed by atoms with Crippen molar-refractivity contribution in [3.63, 3.8) is 0 Å². The van der Waals surface area contributed by atoms with E-state index in [2.05, 4.69) is 10.3 Å². The summed E-state index contributed by atoms with van der Waals surface area (Å²) in [7, 11) is 0. The van der Waals surface area contributed by atoms with E-state index in [9.17, 15) is 14.7 Å². The van der Waals surface area contributed by atoms with Crippen LogP contribution in [0.1, 0.15) is 86.1 Å². The first-order valence-electron chi connectivity index (χ1n) is 14.2. The van der Waals surface area contributed by atoms with Gasteiger partial charge in [0.25, 0.3) is 5.91 Å². The van der Waals surface area contributed by atoms with E-state index >= 15 is 0 Å². The second kappa shape index (κ2) is 16.8. The summed E-state index contributed by atoms with van der Waals surface area (Å²) in [6, 6.07) is 12.6. The molecule has 0 aliphatic heterocycles. The number of carboxylic acid groups (broad SMARTS) is 1. The first-order chi connectivity index (χ1) is 19.5. The van der Waals surface area contributed by atoms with Crippen molar-refractivity contribution in [3.8, 4) is 11.1 Å². The molecule has 0 radical (unpaired) electrons. The molecule has 3 aromatic rings. The van der Waals surface area contributed by atoms with Gasteiger partial charge in [0, 0.05) is 5.56 Å². The number of thioether (sulfide) groups is 1. The predicted octanol–water partition coefficient (Wildman–Crippen LogP) is 4.32. The Hall–Kier alpha value is -2.50. The minimum absolute atomic E-state index is 0. The fraction of sp³-hybridized carbons (Fsp3) is 0.469. The van der Waals surface area contributed by atoms with Gasteiger partial charge in [-0.15, -0.1) is 0 Å². The van der Waals surface area contributed by atoms with Crippen molar-refractivity contribution in [2.45, 2.75) is 77.0 Å². The Balaban J connectivity index is 0.00000308. The average molecular weight is 573 g/mol. The zero-order valence-corrected chi connectivity index (χ0v) is 25.3. The van der Waals surface area contributed by atoms with Crippen LogP contribution in [0.25, 0.3) is 11.1 Å². The van der Waals surface area contributed by atoms with E-state index in [0.717, 1.165) is 46.8 Å². The van der Waals surface area contributed by atoms with Crippen LogP contribution in [0.5, 0.6) is 0 Å². The molecule has 1 amide bonds. The fourth-order valence-corrected chi connectivity index (χ4v) is 5.93. The van der Waals surface area contributed by atoms with Crippen LogP contribution in [0, 0.1) is 12.8 Å². The van der Waals surface area contributed by atoms with E-state index in [1.807, 2.05) is 49.6 Å². The third-order valence-corrected chi connectivity index (χ3v) is 8.40. The first kappa shape index (κ1) is 33.0. The molecular formula is C32H41LiN2O5S. The topological polar surface area (TPSA) is 102 Å². The number of aromatic nitrogens is 1. The maximum absolute atomic E-state index is 13.4. The molecule has 216 valence electrons. The van der Waals surface area contributed by atoms with Gasteiger partial charge in [-0.3, -0.25) is 4.79 Å². The summed E-state index contributed by atoms with van der Waals surface area (Å²) in [5.41, 5.74) is 4.07. The van der Waals surface area contributed by atoms with E-state index in [4.69, 9.17) is 9.15 Å². The van der Waals surface area contributed by atoms with Gasteiger partial charge in [-0.2, -0.15) is 11.8 Å². The van der Waals surface area contributed by atoms with Crippen molar-refractivity contribution in [2.75, 3.05) is 12.0 Å². The summed E-state index contributed by atoms with van der Waals surface area (Å²) >= 11 is 1.55. The number of carboxylic acids is 1. The van der Waals surface area contributed by atoms with E-state index in [1.54, 1.807) is 24.0 Å². The summed E-state index contributed by atoms with van der Waals surface area (Å²) in [6.07, 6.45) is 13.8. The molecule has 0 saturated heterocycles. The maximum atomic E-state index is 13.4. The van der Waals surface area contributed by atoms with Gasteiger partial charge in [0.1, 0.15) is 12.1 Å². The van der Waals surface area contributed by atoms with Gasteiger partial charge < -0.3 is 21.0 Å². The zero-order chi connectivity index (χ0) is 28.3. The quantitative estimate of drug-likeness (QED) is 0.278. The number of hydrogen-bond acceptors (Lipinski definition) is 6. The predicted molar refractivity (Wildman–Crippen MR) is 159 cm³/mol. The smallest absolute Gasteiger partial charge is 1.00 e. The molecule has 9 heteroatoms. The monoisotopic (exact) mass is 572 g/mol. The van der Waals surface area contributed by atoms with Crippen molar-refractivity contribution >= 4 is 23.6 Å². The molecule has 41 heavy (non-hydrogen) atoms. The van der Waals surface area contributed by atoms with Crippen LogP contribution >= 0.6 is 11.8 Å². The van der Waals surface area contributed by atoms with Crippen molar-refractivity contribution in [1.82, 2.24) is 10.3 Å². The summed E-state index contributed by atoms with van der Waals surface area (Å²) in [4.78, 5) is 29.3. The number of carbonyl (C=O) groups excluding carboxylic acids is 1. The normalized spacial score (nSPS) is 15.1. The minimum atomic E-state index is -1.03. The molecule has 7 nitrogen and oxygen atoms in total. The van der Waals surface area contributed by atoms with Gasteiger partial charge in [-0.25, -0.2) is 9.78 Å². The van der Waals surface area contributed by atoms with E-state index in [0.29, 0.717) is 24.3 Å². The molecule has 1 aliphatic carbocycles. The van der Waals surface area contributed by atoms with Crippen molar-refractivity contribution in [2.24, 2.45) is 5.92 Å². The molecule has 1 aromatic heterocycles. The Kier molecular flexibility index (Phi) is 13.5. The molecule has 1 aliphatic rings. The molecule has 2 unspecified atom stereocenters. The number of hydrogen-bond donors (Lipinski definition) is 2. The van der Waals surface area contributed by atoms with Crippen LogP contribution in [0.3, 0.4) is 0 Å². The first-order valence-corrected chi connectivity index (χ1v) is 15.6. The SMILES string of the molecule is CSCCC(NC(=O)c1ccc(COC(CCC2CCCCC2)c2cnco2)cc1-c1ccccc1C)C(=O)O.[H-].[Li+]. The molecule has 1 fully saturated rings. The largest absolute Gasteiger partial charge is 1.00 e. The molecule has 0 spiro atoms. The van der Waals surface area contributed by atoms with Crippen LogP contribution in [-0.4, -0.2) is 40.0 Å². The third-order valence-electron chi connectivity index (χ3n) is 7.76. The summed E-state index contributed by atoms with van der Waals surface area (Å²) in [5, 5.41) is 12.4. The molecule has 2 aromatic carbocycles. The molecule has 1 saturated carbocycles.